The third kappa shape index (κ3) is 4.89. The molecule has 3 aromatic rings. The second kappa shape index (κ2) is 10.5. The van der Waals surface area contributed by atoms with Crippen molar-refractivity contribution in [2.45, 2.75) is 26.4 Å². The zero-order valence-electron chi connectivity index (χ0n) is 18.7. The fourth-order valence-corrected chi connectivity index (χ4v) is 5.43. The van der Waals surface area contributed by atoms with Gasteiger partial charge in [-0.05, 0) is 42.7 Å². The van der Waals surface area contributed by atoms with E-state index in [1.807, 2.05) is 18.2 Å². The number of benzene rings is 2. The van der Waals surface area contributed by atoms with Gasteiger partial charge in [-0.2, -0.15) is 0 Å². The molecule has 1 N–H and O–H groups in total. The van der Waals surface area contributed by atoms with Gasteiger partial charge in [0.25, 0.3) is 5.91 Å². The number of carbonyl (C=O) groups excluding carboxylic acids is 2. The number of carbonyl (C=O) groups is 2. The van der Waals surface area contributed by atoms with Crippen molar-refractivity contribution in [2.75, 3.05) is 25.3 Å². The van der Waals surface area contributed by atoms with Crippen LogP contribution in [-0.2, 0) is 24.2 Å². The standard InChI is InChI=1S/C25H24N2O5S.ClH/c1-2-30-25(29)22-18-10-11-27(13-16-6-4-3-5-7-16)14-21(18)33-24(22)26-23(28)17-8-9-19-20(12-17)32-15-31-19;/h3-9,12H,2,10-11,13-15H2,1H3,(H,26,28);1H. The summed E-state index contributed by atoms with van der Waals surface area (Å²) in [5.74, 6) is 0.449. The lowest BCUT2D eigenvalue weighted by Gasteiger charge is -2.27. The molecule has 0 radical (unpaired) electrons. The molecule has 5 rings (SSSR count). The van der Waals surface area contributed by atoms with E-state index in [9.17, 15) is 9.59 Å². The minimum absolute atomic E-state index is 0. The summed E-state index contributed by atoms with van der Waals surface area (Å²) in [4.78, 5) is 29.3. The summed E-state index contributed by atoms with van der Waals surface area (Å²) in [6.07, 6.45) is 0.729. The normalized spacial score (nSPS) is 14.1. The number of esters is 1. The van der Waals surface area contributed by atoms with Crippen molar-refractivity contribution in [2.24, 2.45) is 0 Å². The Kier molecular flexibility index (Phi) is 7.41. The average Bonchev–Trinajstić information content (AvgIpc) is 3.43. The molecular weight excluding hydrogens is 476 g/mol. The maximum absolute atomic E-state index is 13.0. The summed E-state index contributed by atoms with van der Waals surface area (Å²) in [7, 11) is 0. The van der Waals surface area contributed by atoms with Crippen molar-refractivity contribution in [1.82, 2.24) is 4.90 Å². The van der Waals surface area contributed by atoms with E-state index in [1.165, 1.54) is 16.9 Å². The Hall–Kier alpha value is -3.07. The topological polar surface area (TPSA) is 77.1 Å². The van der Waals surface area contributed by atoms with E-state index in [4.69, 9.17) is 14.2 Å². The van der Waals surface area contributed by atoms with Gasteiger partial charge in [0, 0.05) is 30.1 Å². The number of anilines is 1. The van der Waals surface area contributed by atoms with E-state index in [1.54, 1.807) is 25.1 Å². The molecule has 0 atom stereocenters. The van der Waals surface area contributed by atoms with E-state index in [2.05, 4.69) is 22.3 Å². The van der Waals surface area contributed by atoms with Crippen molar-refractivity contribution in [3.05, 3.63) is 75.7 Å². The summed E-state index contributed by atoms with van der Waals surface area (Å²) >= 11 is 1.45. The summed E-state index contributed by atoms with van der Waals surface area (Å²) in [5, 5.41) is 3.47. The monoisotopic (exact) mass is 500 g/mol. The molecular formula is C25H25ClN2O5S. The van der Waals surface area contributed by atoms with Crippen molar-refractivity contribution in [3.8, 4) is 11.5 Å². The van der Waals surface area contributed by atoms with E-state index >= 15 is 0 Å². The average molecular weight is 501 g/mol. The zero-order chi connectivity index (χ0) is 22.8. The summed E-state index contributed by atoms with van der Waals surface area (Å²) in [6, 6.07) is 15.4. The number of hydrogen-bond donors (Lipinski definition) is 1. The van der Waals surface area contributed by atoms with Crippen molar-refractivity contribution < 1.29 is 23.8 Å². The van der Waals surface area contributed by atoms with Gasteiger partial charge >= 0.3 is 5.97 Å². The molecule has 178 valence electrons. The summed E-state index contributed by atoms with van der Waals surface area (Å²) in [6.45, 7) is 4.60. The molecule has 0 bridgehead atoms. The fraction of sp³-hybridized carbons (Fsp3) is 0.280. The number of nitrogens with zero attached hydrogens (tertiary/aromatic N) is 1. The molecule has 0 aliphatic carbocycles. The van der Waals surface area contributed by atoms with Crippen LogP contribution in [-0.4, -0.2) is 36.7 Å². The van der Waals surface area contributed by atoms with E-state index in [0.717, 1.165) is 36.5 Å². The first kappa shape index (κ1) is 24.1. The molecule has 2 aliphatic heterocycles. The fourth-order valence-electron chi connectivity index (χ4n) is 4.15. The number of thiophene rings is 1. The highest BCUT2D eigenvalue weighted by molar-refractivity contribution is 7.17. The van der Waals surface area contributed by atoms with Crippen LogP contribution in [0.1, 0.15) is 43.6 Å². The van der Waals surface area contributed by atoms with Crippen LogP contribution in [0.5, 0.6) is 11.5 Å². The van der Waals surface area contributed by atoms with Crippen LogP contribution in [0, 0.1) is 0 Å². The van der Waals surface area contributed by atoms with Gasteiger partial charge in [0.2, 0.25) is 6.79 Å². The lowest BCUT2D eigenvalue weighted by atomic mass is 10.0. The molecule has 0 spiro atoms. The van der Waals surface area contributed by atoms with Crippen molar-refractivity contribution in [3.63, 3.8) is 0 Å². The second-order valence-electron chi connectivity index (χ2n) is 7.90. The highest BCUT2D eigenvalue weighted by atomic mass is 35.5. The molecule has 1 amide bonds. The Morgan fingerprint density at radius 2 is 1.91 bits per heavy atom. The van der Waals surface area contributed by atoms with Gasteiger partial charge in [-0.1, -0.05) is 30.3 Å². The summed E-state index contributed by atoms with van der Waals surface area (Å²) < 4.78 is 16.0. The first-order valence-electron chi connectivity index (χ1n) is 10.9. The number of fused-ring (bicyclic) bond motifs is 2. The Bertz CT molecular complexity index is 1200. The minimum atomic E-state index is -0.396. The van der Waals surface area contributed by atoms with Crippen LogP contribution < -0.4 is 14.8 Å². The third-order valence-electron chi connectivity index (χ3n) is 5.73. The molecule has 1 aromatic heterocycles. The number of nitrogens with one attached hydrogen (secondary N) is 1. The largest absolute Gasteiger partial charge is 0.462 e. The Morgan fingerprint density at radius 1 is 1.12 bits per heavy atom. The molecule has 0 unspecified atom stereocenters. The highest BCUT2D eigenvalue weighted by Gasteiger charge is 2.30. The maximum Gasteiger partial charge on any atom is 0.341 e. The van der Waals surface area contributed by atoms with E-state index in [-0.39, 0.29) is 31.7 Å². The van der Waals surface area contributed by atoms with Crippen LogP contribution in [0.25, 0.3) is 0 Å². The highest BCUT2D eigenvalue weighted by Crippen LogP contribution is 2.39. The molecule has 2 aromatic carbocycles. The molecule has 0 saturated heterocycles. The van der Waals surface area contributed by atoms with Crippen LogP contribution >= 0.6 is 23.7 Å². The number of rotatable bonds is 6. The van der Waals surface area contributed by atoms with E-state index in [0.29, 0.717) is 27.6 Å². The lowest BCUT2D eigenvalue weighted by Crippen LogP contribution is -2.29. The molecule has 9 heteroatoms. The Morgan fingerprint density at radius 3 is 2.71 bits per heavy atom. The molecule has 0 saturated carbocycles. The van der Waals surface area contributed by atoms with Crippen molar-refractivity contribution >= 4 is 40.6 Å². The second-order valence-corrected chi connectivity index (χ2v) is 9.00. The van der Waals surface area contributed by atoms with Gasteiger partial charge in [-0.3, -0.25) is 9.69 Å². The predicted molar refractivity (Wildman–Crippen MR) is 132 cm³/mol. The first-order valence-corrected chi connectivity index (χ1v) is 11.7. The summed E-state index contributed by atoms with van der Waals surface area (Å²) in [5.41, 5.74) is 3.14. The molecule has 7 nitrogen and oxygen atoms in total. The quantitative estimate of drug-likeness (QED) is 0.486. The smallest absolute Gasteiger partial charge is 0.341 e. The SMILES string of the molecule is CCOC(=O)c1c(NC(=O)c2ccc3c(c2)OCO3)sc2c1CCN(Cc1ccccc1)C2.Cl. The van der Waals surface area contributed by atoms with Crippen LogP contribution in [0.4, 0.5) is 5.00 Å². The molecule has 0 fully saturated rings. The number of ether oxygens (including phenoxy) is 3. The van der Waals surface area contributed by atoms with Crippen LogP contribution in [0.3, 0.4) is 0 Å². The number of amides is 1. The van der Waals surface area contributed by atoms with Gasteiger partial charge in [-0.15, -0.1) is 23.7 Å². The molecule has 3 heterocycles. The minimum Gasteiger partial charge on any atom is -0.462 e. The zero-order valence-corrected chi connectivity index (χ0v) is 20.3. The lowest BCUT2D eigenvalue weighted by molar-refractivity contribution is 0.0526. The van der Waals surface area contributed by atoms with Gasteiger partial charge < -0.3 is 19.5 Å². The van der Waals surface area contributed by atoms with Crippen molar-refractivity contribution in [1.29, 1.82) is 0 Å². The van der Waals surface area contributed by atoms with Gasteiger partial charge in [0.1, 0.15) is 5.00 Å². The van der Waals surface area contributed by atoms with Gasteiger partial charge in [0.05, 0.1) is 12.2 Å². The van der Waals surface area contributed by atoms with Crippen LogP contribution in [0.2, 0.25) is 0 Å². The Balaban J connectivity index is 0.00000274. The molecule has 34 heavy (non-hydrogen) atoms. The Labute approximate surface area is 208 Å². The third-order valence-corrected chi connectivity index (χ3v) is 6.86. The number of halogens is 1. The van der Waals surface area contributed by atoms with Gasteiger partial charge in [0.15, 0.2) is 11.5 Å². The van der Waals surface area contributed by atoms with E-state index < -0.39 is 5.97 Å². The maximum atomic E-state index is 13.0. The predicted octanol–water partition coefficient (Wildman–Crippen LogP) is 4.89. The first-order chi connectivity index (χ1) is 16.1. The van der Waals surface area contributed by atoms with Crippen LogP contribution in [0.15, 0.2) is 48.5 Å². The number of hydrogen-bond acceptors (Lipinski definition) is 7. The molecule has 2 aliphatic rings. The van der Waals surface area contributed by atoms with Gasteiger partial charge in [-0.25, -0.2) is 4.79 Å².